The molecule has 0 amide bonds. The van der Waals surface area contributed by atoms with Gasteiger partial charge in [-0.25, -0.2) is 14.4 Å². The summed E-state index contributed by atoms with van der Waals surface area (Å²) < 4.78 is 13.9. The Hall–Kier alpha value is -2.21. The number of rotatable bonds is 1. The Morgan fingerprint density at radius 3 is 2.56 bits per heavy atom. The van der Waals surface area contributed by atoms with E-state index in [2.05, 4.69) is 28.8 Å². The third-order valence-electron chi connectivity index (χ3n) is 4.19. The molecule has 1 aromatic rings. The summed E-state index contributed by atoms with van der Waals surface area (Å²) in [6, 6.07) is 3.45. The zero-order valence-electron chi connectivity index (χ0n) is 15.6. The molecular formula is C19H28FN5. The van der Waals surface area contributed by atoms with Gasteiger partial charge in [0.05, 0.1) is 11.7 Å². The van der Waals surface area contributed by atoms with E-state index >= 15 is 0 Å². The second kappa shape index (κ2) is 8.76. The van der Waals surface area contributed by atoms with Crippen LogP contribution in [0.1, 0.15) is 37.9 Å². The third kappa shape index (κ3) is 4.25. The Kier molecular flexibility index (Phi) is 6.70. The summed E-state index contributed by atoms with van der Waals surface area (Å²) in [6.45, 7) is 14.6. The smallest absolute Gasteiger partial charge is 0.223 e. The van der Waals surface area contributed by atoms with Crippen LogP contribution in [0.15, 0.2) is 34.9 Å². The lowest BCUT2D eigenvalue weighted by molar-refractivity contribution is 0.258. The highest BCUT2D eigenvalue weighted by atomic mass is 19.1. The van der Waals surface area contributed by atoms with Crippen LogP contribution >= 0.6 is 0 Å². The quantitative estimate of drug-likeness (QED) is 0.625. The lowest BCUT2D eigenvalue weighted by atomic mass is 10.0. The van der Waals surface area contributed by atoms with Crippen LogP contribution in [0.4, 0.5) is 10.1 Å². The van der Waals surface area contributed by atoms with Crippen molar-refractivity contribution in [3.63, 3.8) is 0 Å². The average molecular weight is 345 g/mol. The standard InChI is InChI=1S/C16H22FN5.C3H6/c1-4-19-22-12(3)13-9-11(2)14(17)10-15(13)20-16(22)21-7-5-18-6-8-21;1-3-2/h4,9-10,12,18H,5-8H2,1-3H3;3H,1H2,2H3/b19-4-;. The molecule has 1 unspecified atom stereocenters. The summed E-state index contributed by atoms with van der Waals surface area (Å²) in [4.78, 5) is 6.92. The summed E-state index contributed by atoms with van der Waals surface area (Å²) in [5.41, 5.74) is 2.38. The third-order valence-corrected chi connectivity index (χ3v) is 4.19. The number of hydrazone groups is 1. The van der Waals surface area contributed by atoms with Crippen molar-refractivity contribution in [2.45, 2.75) is 33.7 Å². The van der Waals surface area contributed by atoms with Crippen LogP contribution in [0.25, 0.3) is 0 Å². The van der Waals surface area contributed by atoms with Crippen molar-refractivity contribution in [2.75, 3.05) is 26.2 Å². The van der Waals surface area contributed by atoms with Gasteiger partial charge < -0.3 is 10.2 Å². The van der Waals surface area contributed by atoms with Gasteiger partial charge in [0.15, 0.2) is 0 Å². The number of guanidine groups is 1. The Morgan fingerprint density at radius 1 is 1.32 bits per heavy atom. The molecule has 0 saturated carbocycles. The molecular weight excluding hydrogens is 317 g/mol. The highest BCUT2D eigenvalue weighted by Crippen LogP contribution is 2.37. The second-order valence-electron chi connectivity index (χ2n) is 6.11. The van der Waals surface area contributed by atoms with Gasteiger partial charge in [0.2, 0.25) is 5.96 Å². The largest absolute Gasteiger partial charge is 0.338 e. The molecule has 0 bridgehead atoms. The highest BCUT2D eigenvalue weighted by Gasteiger charge is 2.31. The zero-order valence-corrected chi connectivity index (χ0v) is 15.6. The van der Waals surface area contributed by atoms with Crippen molar-refractivity contribution in [2.24, 2.45) is 10.1 Å². The van der Waals surface area contributed by atoms with Gasteiger partial charge in [-0.15, -0.1) is 6.58 Å². The fraction of sp³-hybridized carbons (Fsp3) is 0.474. The molecule has 2 aliphatic rings. The van der Waals surface area contributed by atoms with Crippen LogP contribution in [0.3, 0.4) is 0 Å². The summed E-state index contributed by atoms with van der Waals surface area (Å²) in [7, 11) is 0. The molecule has 2 heterocycles. The minimum Gasteiger partial charge on any atom is -0.338 e. The maximum atomic E-state index is 13.9. The van der Waals surface area contributed by atoms with Crippen LogP contribution in [0.5, 0.6) is 0 Å². The first-order chi connectivity index (χ1) is 12.0. The molecule has 3 rings (SSSR count). The number of piperazine rings is 1. The summed E-state index contributed by atoms with van der Waals surface area (Å²) >= 11 is 0. The number of aliphatic imine (C=N–C) groups is 1. The van der Waals surface area contributed by atoms with Crippen molar-refractivity contribution < 1.29 is 4.39 Å². The van der Waals surface area contributed by atoms with Crippen LogP contribution in [-0.4, -0.2) is 48.3 Å². The lowest BCUT2D eigenvalue weighted by Crippen LogP contribution is -2.52. The molecule has 1 fully saturated rings. The minimum absolute atomic E-state index is 0.0351. The van der Waals surface area contributed by atoms with E-state index in [0.29, 0.717) is 11.3 Å². The summed E-state index contributed by atoms with van der Waals surface area (Å²) in [6.07, 6.45) is 3.52. The number of nitrogens with zero attached hydrogens (tertiary/aromatic N) is 4. The number of aryl methyl sites for hydroxylation is 1. The van der Waals surface area contributed by atoms with Gasteiger partial charge in [0.1, 0.15) is 5.82 Å². The van der Waals surface area contributed by atoms with Gasteiger partial charge in [0.25, 0.3) is 0 Å². The Balaban J connectivity index is 0.000000701. The second-order valence-corrected chi connectivity index (χ2v) is 6.11. The van der Waals surface area contributed by atoms with Crippen LogP contribution < -0.4 is 5.32 Å². The SMILES string of the molecule is C/C=N\N1C(N2CCNCC2)=Nc2cc(F)c(C)cc2C1C.C=CC. The number of halogens is 1. The van der Waals surface area contributed by atoms with E-state index in [9.17, 15) is 4.39 Å². The van der Waals surface area contributed by atoms with E-state index in [0.717, 1.165) is 37.7 Å². The minimum atomic E-state index is -0.207. The van der Waals surface area contributed by atoms with Crippen LogP contribution in [0.2, 0.25) is 0 Å². The zero-order chi connectivity index (χ0) is 18.4. The summed E-state index contributed by atoms with van der Waals surface area (Å²) in [5, 5.41) is 9.76. The van der Waals surface area contributed by atoms with Gasteiger partial charge in [-0.1, -0.05) is 6.08 Å². The number of nitrogens with one attached hydrogen (secondary N) is 1. The van der Waals surface area contributed by atoms with Crippen molar-refractivity contribution >= 4 is 17.9 Å². The monoisotopic (exact) mass is 345 g/mol. The normalized spacial score (nSPS) is 19.9. The first-order valence-corrected chi connectivity index (χ1v) is 8.72. The number of fused-ring (bicyclic) bond motifs is 1. The number of hydrogen-bond acceptors (Lipinski definition) is 5. The molecule has 0 spiro atoms. The van der Waals surface area contributed by atoms with Crippen molar-refractivity contribution in [3.8, 4) is 0 Å². The van der Waals surface area contributed by atoms with Crippen molar-refractivity contribution in [1.82, 2.24) is 15.2 Å². The first kappa shape index (κ1) is 19.1. The fourth-order valence-electron chi connectivity index (χ4n) is 2.95. The van der Waals surface area contributed by atoms with Gasteiger partial charge in [-0.3, -0.25) is 0 Å². The Bertz CT molecular complexity index is 662. The van der Waals surface area contributed by atoms with Crippen molar-refractivity contribution in [1.29, 1.82) is 0 Å². The molecule has 6 heteroatoms. The van der Waals surface area contributed by atoms with Crippen LogP contribution in [0, 0.1) is 12.7 Å². The molecule has 2 aliphatic heterocycles. The fourth-order valence-corrected chi connectivity index (χ4v) is 2.95. The molecule has 0 radical (unpaired) electrons. The van der Waals surface area contributed by atoms with E-state index in [4.69, 9.17) is 4.99 Å². The van der Waals surface area contributed by atoms with E-state index in [-0.39, 0.29) is 11.9 Å². The van der Waals surface area contributed by atoms with E-state index in [1.807, 2.05) is 24.9 Å². The predicted octanol–water partition coefficient (Wildman–Crippen LogP) is 3.60. The van der Waals surface area contributed by atoms with Crippen LogP contribution in [-0.2, 0) is 0 Å². The number of benzene rings is 1. The Morgan fingerprint density at radius 2 is 1.96 bits per heavy atom. The van der Waals surface area contributed by atoms with Gasteiger partial charge in [0, 0.05) is 44.0 Å². The van der Waals surface area contributed by atoms with Gasteiger partial charge in [-0.05, 0) is 39.3 Å². The molecule has 5 nitrogen and oxygen atoms in total. The molecule has 1 saturated heterocycles. The molecule has 0 aromatic heterocycles. The lowest BCUT2D eigenvalue weighted by Gasteiger charge is -2.39. The number of allylic oxidation sites excluding steroid dienone is 1. The molecule has 0 aliphatic carbocycles. The molecule has 136 valence electrons. The highest BCUT2D eigenvalue weighted by molar-refractivity contribution is 5.86. The Labute approximate surface area is 149 Å². The van der Waals surface area contributed by atoms with E-state index in [1.54, 1.807) is 19.2 Å². The van der Waals surface area contributed by atoms with Crippen molar-refractivity contribution in [3.05, 3.63) is 41.7 Å². The predicted molar refractivity (Wildman–Crippen MR) is 103 cm³/mol. The molecule has 25 heavy (non-hydrogen) atoms. The summed E-state index contributed by atoms with van der Waals surface area (Å²) in [5.74, 6) is 0.602. The maximum absolute atomic E-state index is 13.9. The molecule has 1 aromatic carbocycles. The first-order valence-electron chi connectivity index (χ1n) is 8.72. The molecule has 1 atom stereocenters. The topological polar surface area (TPSA) is 43.2 Å². The average Bonchev–Trinajstić information content (AvgIpc) is 2.61. The van der Waals surface area contributed by atoms with Gasteiger partial charge in [-0.2, -0.15) is 5.10 Å². The molecule has 1 N–H and O–H groups in total. The number of hydrogen-bond donors (Lipinski definition) is 1. The van der Waals surface area contributed by atoms with E-state index < -0.39 is 0 Å². The van der Waals surface area contributed by atoms with Gasteiger partial charge >= 0.3 is 0 Å². The van der Waals surface area contributed by atoms with E-state index in [1.165, 1.54) is 6.07 Å². The maximum Gasteiger partial charge on any atom is 0.223 e.